The summed E-state index contributed by atoms with van der Waals surface area (Å²) in [5.74, 6) is -2.71. The maximum Gasteiger partial charge on any atom is 0.379 e. The van der Waals surface area contributed by atoms with Gasteiger partial charge in [0.15, 0.2) is 0 Å². The number of ketones is 1. The van der Waals surface area contributed by atoms with Crippen LogP contribution in [0.4, 0.5) is 4.39 Å². The fourth-order valence-corrected chi connectivity index (χ4v) is 1.58. The van der Waals surface area contributed by atoms with E-state index in [1.54, 1.807) is 19.2 Å². The molecule has 5 heteroatoms. The largest absolute Gasteiger partial charge is 0.460 e. The Bertz CT molecular complexity index is 588. The van der Waals surface area contributed by atoms with Crippen LogP contribution in [0.15, 0.2) is 24.4 Å². The average molecular weight is 235 g/mol. The van der Waals surface area contributed by atoms with E-state index in [1.165, 1.54) is 12.1 Å². The van der Waals surface area contributed by atoms with Crippen molar-refractivity contribution in [2.45, 2.75) is 6.92 Å². The number of ether oxygens (including phenoxy) is 1. The predicted octanol–water partition coefficient (Wildman–Crippen LogP) is 2.05. The Hall–Kier alpha value is -2.17. The number of aromatic nitrogens is 1. The van der Waals surface area contributed by atoms with Crippen LogP contribution in [-0.4, -0.2) is 23.3 Å². The quantitative estimate of drug-likeness (QED) is 0.503. The third kappa shape index (κ3) is 1.91. The molecular formula is C12H10FNO3. The number of halogens is 1. The van der Waals surface area contributed by atoms with Gasteiger partial charge in [-0.05, 0) is 25.1 Å². The van der Waals surface area contributed by atoms with Crippen LogP contribution in [0.5, 0.6) is 0 Å². The number of benzene rings is 1. The van der Waals surface area contributed by atoms with Gasteiger partial charge in [-0.3, -0.25) is 4.79 Å². The van der Waals surface area contributed by atoms with Crippen molar-refractivity contribution in [1.82, 2.24) is 4.98 Å². The van der Waals surface area contributed by atoms with Crippen LogP contribution in [-0.2, 0) is 9.53 Å². The number of hydrogen-bond acceptors (Lipinski definition) is 3. The van der Waals surface area contributed by atoms with Crippen molar-refractivity contribution in [2.75, 3.05) is 6.61 Å². The van der Waals surface area contributed by atoms with E-state index in [2.05, 4.69) is 9.72 Å². The standard InChI is InChI=1S/C12H10FNO3/c1-2-17-12(16)11(15)8-3-4-9-7(10(8)13)5-6-14-9/h3-6,14H,2H2,1H3. The van der Waals surface area contributed by atoms with E-state index in [4.69, 9.17) is 0 Å². The molecule has 0 radical (unpaired) electrons. The summed E-state index contributed by atoms with van der Waals surface area (Å²) in [6, 6.07) is 4.32. The molecule has 2 rings (SSSR count). The van der Waals surface area contributed by atoms with Crippen molar-refractivity contribution in [1.29, 1.82) is 0 Å². The van der Waals surface area contributed by atoms with Gasteiger partial charge in [0.25, 0.3) is 5.78 Å². The van der Waals surface area contributed by atoms with E-state index in [0.29, 0.717) is 5.52 Å². The van der Waals surface area contributed by atoms with Crippen molar-refractivity contribution >= 4 is 22.7 Å². The zero-order chi connectivity index (χ0) is 12.4. The Morgan fingerprint density at radius 3 is 2.82 bits per heavy atom. The van der Waals surface area contributed by atoms with Crippen LogP contribution in [0, 0.1) is 5.82 Å². The van der Waals surface area contributed by atoms with E-state index in [-0.39, 0.29) is 17.6 Å². The van der Waals surface area contributed by atoms with E-state index < -0.39 is 17.6 Å². The number of carbonyl (C=O) groups excluding carboxylic acids is 2. The molecule has 0 spiro atoms. The van der Waals surface area contributed by atoms with Crippen LogP contribution in [0.25, 0.3) is 10.9 Å². The molecule has 0 bridgehead atoms. The van der Waals surface area contributed by atoms with E-state index in [1.807, 2.05) is 0 Å². The second kappa shape index (κ2) is 4.37. The highest BCUT2D eigenvalue weighted by atomic mass is 19.1. The molecule has 1 aromatic carbocycles. The molecule has 2 aromatic rings. The Balaban J connectivity index is 2.45. The van der Waals surface area contributed by atoms with Crippen molar-refractivity contribution in [2.24, 2.45) is 0 Å². The lowest BCUT2D eigenvalue weighted by Gasteiger charge is -2.03. The Morgan fingerprint density at radius 2 is 2.12 bits per heavy atom. The van der Waals surface area contributed by atoms with Gasteiger partial charge in [-0.25, -0.2) is 9.18 Å². The van der Waals surface area contributed by atoms with Crippen molar-refractivity contribution in [3.05, 3.63) is 35.8 Å². The first-order valence-electron chi connectivity index (χ1n) is 5.12. The summed E-state index contributed by atoms with van der Waals surface area (Å²) in [6.07, 6.45) is 1.56. The molecule has 0 fully saturated rings. The topological polar surface area (TPSA) is 59.2 Å². The Kier molecular flexibility index (Phi) is 2.91. The summed E-state index contributed by atoms with van der Waals surface area (Å²) in [7, 11) is 0. The number of Topliss-reactive ketones (excluding diaryl/α,β-unsaturated/α-hetero) is 1. The first-order chi connectivity index (χ1) is 8.15. The van der Waals surface area contributed by atoms with Gasteiger partial charge >= 0.3 is 5.97 Å². The highest BCUT2D eigenvalue weighted by Gasteiger charge is 2.22. The lowest BCUT2D eigenvalue weighted by molar-refractivity contribution is -0.137. The minimum atomic E-state index is -1.04. The SMILES string of the molecule is CCOC(=O)C(=O)c1ccc2[nH]ccc2c1F. The Morgan fingerprint density at radius 1 is 1.35 bits per heavy atom. The summed E-state index contributed by atoms with van der Waals surface area (Å²) >= 11 is 0. The molecule has 1 aromatic heterocycles. The Labute approximate surface area is 96.4 Å². The molecule has 17 heavy (non-hydrogen) atoms. The number of rotatable bonds is 3. The monoisotopic (exact) mass is 235 g/mol. The second-order valence-electron chi connectivity index (χ2n) is 3.42. The zero-order valence-corrected chi connectivity index (χ0v) is 9.12. The molecule has 1 N–H and O–H groups in total. The molecule has 0 saturated heterocycles. The summed E-state index contributed by atoms with van der Waals surface area (Å²) in [4.78, 5) is 25.6. The molecule has 0 amide bonds. The van der Waals surface area contributed by atoms with E-state index in [9.17, 15) is 14.0 Å². The maximum absolute atomic E-state index is 13.9. The van der Waals surface area contributed by atoms with Crippen molar-refractivity contribution < 1.29 is 18.7 Å². The smallest absolute Gasteiger partial charge is 0.379 e. The molecule has 88 valence electrons. The van der Waals surface area contributed by atoms with Crippen LogP contribution in [0.3, 0.4) is 0 Å². The van der Waals surface area contributed by atoms with Crippen LogP contribution < -0.4 is 0 Å². The van der Waals surface area contributed by atoms with Crippen LogP contribution in [0.2, 0.25) is 0 Å². The molecule has 0 unspecified atom stereocenters. The van der Waals surface area contributed by atoms with Crippen molar-refractivity contribution in [3.8, 4) is 0 Å². The highest BCUT2D eigenvalue weighted by molar-refractivity contribution is 6.41. The fraction of sp³-hybridized carbons (Fsp3) is 0.167. The molecular weight excluding hydrogens is 225 g/mol. The molecule has 0 aliphatic heterocycles. The first kappa shape index (κ1) is 11.3. The predicted molar refractivity (Wildman–Crippen MR) is 59.2 cm³/mol. The normalized spacial score (nSPS) is 10.5. The average Bonchev–Trinajstić information content (AvgIpc) is 2.78. The molecule has 0 aliphatic carbocycles. The van der Waals surface area contributed by atoms with Gasteiger partial charge in [0.05, 0.1) is 12.2 Å². The van der Waals surface area contributed by atoms with Gasteiger partial charge in [-0.2, -0.15) is 0 Å². The number of esters is 1. The van der Waals surface area contributed by atoms with Crippen LogP contribution >= 0.6 is 0 Å². The van der Waals surface area contributed by atoms with Gasteiger partial charge in [0, 0.05) is 17.1 Å². The van der Waals surface area contributed by atoms with Gasteiger partial charge in [-0.15, -0.1) is 0 Å². The summed E-state index contributed by atoms with van der Waals surface area (Å²) < 4.78 is 18.4. The van der Waals surface area contributed by atoms with Gasteiger partial charge in [0.1, 0.15) is 5.82 Å². The molecule has 0 atom stereocenters. The number of fused-ring (bicyclic) bond motifs is 1. The van der Waals surface area contributed by atoms with Gasteiger partial charge in [0.2, 0.25) is 0 Å². The number of hydrogen-bond donors (Lipinski definition) is 1. The summed E-state index contributed by atoms with van der Waals surface area (Å²) in [5.41, 5.74) is 0.304. The molecule has 0 saturated carbocycles. The van der Waals surface area contributed by atoms with E-state index >= 15 is 0 Å². The first-order valence-corrected chi connectivity index (χ1v) is 5.12. The number of nitrogens with one attached hydrogen (secondary N) is 1. The minimum absolute atomic E-state index is 0.0819. The lowest BCUT2D eigenvalue weighted by atomic mass is 10.1. The third-order valence-corrected chi connectivity index (χ3v) is 2.37. The number of aromatic amines is 1. The maximum atomic E-state index is 13.9. The molecule has 1 heterocycles. The number of carbonyl (C=O) groups is 2. The minimum Gasteiger partial charge on any atom is -0.460 e. The van der Waals surface area contributed by atoms with E-state index in [0.717, 1.165) is 0 Å². The third-order valence-electron chi connectivity index (χ3n) is 2.37. The summed E-state index contributed by atoms with van der Waals surface area (Å²) in [5, 5.41) is 0.278. The van der Waals surface area contributed by atoms with Crippen molar-refractivity contribution in [3.63, 3.8) is 0 Å². The molecule has 4 nitrogen and oxygen atoms in total. The fourth-order valence-electron chi connectivity index (χ4n) is 1.58. The van der Waals surface area contributed by atoms with Gasteiger partial charge < -0.3 is 9.72 Å². The lowest BCUT2D eigenvalue weighted by Crippen LogP contribution is -2.18. The molecule has 0 aliphatic rings. The zero-order valence-electron chi connectivity index (χ0n) is 9.12. The number of H-pyrrole nitrogens is 1. The second-order valence-corrected chi connectivity index (χ2v) is 3.42. The summed E-state index contributed by atoms with van der Waals surface area (Å²) in [6.45, 7) is 1.66. The van der Waals surface area contributed by atoms with Crippen LogP contribution in [0.1, 0.15) is 17.3 Å². The van der Waals surface area contributed by atoms with Gasteiger partial charge in [-0.1, -0.05) is 0 Å². The highest BCUT2D eigenvalue weighted by Crippen LogP contribution is 2.20.